The molecule has 1 heterocycles. The smallest absolute Gasteiger partial charge is 0.270 e. The van der Waals surface area contributed by atoms with E-state index in [4.69, 9.17) is 0 Å². The topological polar surface area (TPSA) is 110 Å². The Labute approximate surface area is 169 Å². The lowest BCUT2D eigenvalue weighted by Gasteiger charge is -2.25. The first-order valence-electron chi connectivity index (χ1n) is 9.20. The third-order valence-corrected chi connectivity index (χ3v) is 6.50. The van der Waals surface area contributed by atoms with E-state index in [-0.39, 0.29) is 10.6 Å². The van der Waals surface area contributed by atoms with E-state index in [0.29, 0.717) is 24.3 Å². The fourth-order valence-electron chi connectivity index (χ4n) is 3.06. The zero-order chi connectivity index (χ0) is 20.9. The Morgan fingerprint density at radius 3 is 2.41 bits per heavy atom. The molecule has 2 aromatic rings. The molecule has 0 spiro atoms. The van der Waals surface area contributed by atoms with Crippen molar-refractivity contribution in [2.45, 2.75) is 24.2 Å². The van der Waals surface area contributed by atoms with E-state index >= 15 is 0 Å². The van der Waals surface area contributed by atoms with Crippen molar-refractivity contribution in [1.82, 2.24) is 4.31 Å². The Hall–Kier alpha value is -3.04. The molecular formula is C20H21N3O5S. The van der Waals surface area contributed by atoms with Gasteiger partial charge >= 0.3 is 0 Å². The highest BCUT2D eigenvalue weighted by Gasteiger charge is 2.25. The van der Waals surface area contributed by atoms with Crippen molar-refractivity contribution in [3.8, 4) is 0 Å². The molecular weight excluding hydrogens is 394 g/mol. The summed E-state index contributed by atoms with van der Waals surface area (Å²) in [6.07, 6.45) is 5.50. The highest BCUT2D eigenvalue weighted by Crippen LogP contribution is 2.22. The van der Waals surface area contributed by atoms with Crippen molar-refractivity contribution in [3.05, 3.63) is 70.3 Å². The maximum atomic E-state index is 12.6. The van der Waals surface area contributed by atoms with Crippen molar-refractivity contribution in [2.24, 2.45) is 0 Å². The summed E-state index contributed by atoms with van der Waals surface area (Å²) in [5.74, 6) is -0.428. The number of sulfonamides is 1. The summed E-state index contributed by atoms with van der Waals surface area (Å²) < 4.78 is 26.8. The Kier molecular flexibility index (Phi) is 6.40. The number of non-ortho nitro benzene ring substituents is 1. The Morgan fingerprint density at radius 1 is 1.07 bits per heavy atom. The Morgan fingerprint density at radius 2 is 1.76 bits per heavy atom. The molecule has 8 nitrogen and oxygen atoms in total. The van der Waals surface area contributed by atoms with Crippen molar-refractivity contribution in [1.29, 1.82) is 0 Å². The van der Waals surface area contributed by atoms with Gasteiger partial charge in [-0.2, -0.15) is 4.31 Å². The van der Waals surface area contributed by atoms with Crippen LogP contribution in [0.1, 0.15) is 24.8 Å². The monoisotopic (exact) mass is 415 g/mol. The molecule has 1 saturated heterocycles. The summed E-state index contributed by atoms with van der Waals surface area (Å²) >= 11 is 0. The maximum Gasteiger partial charge on any atom is 0.270 e. The molecule has 1 aliphatic heterocycles. The van der Waals surface area contributed by atoms with Gasteiger partial charge in [0.2, 0.25) is 15.9 Å². The average molecular weight is 415 g/mol. The van der Waals surface area contributed by atoms with Crippen LogP contribution in [0.25, 0.3) is 6.08 Å². The summed E-state index contributed by atoms with van der Waals surface area (Å²) in [5, 5.41) is 13.4. The molecule has 1 amide bonds. The minimum atomic E-state index is -3.51. The fourth-order valence-corrected chi connectivity index (χ4v) is 4.58. The van der Waals surface area contributed by atoms with Crippen LogP contribution < -0.4 is 5.32 Å². The Balaban J connectivity index is 1.64. The van der Waals surface area contributed by atoms with Crippen molar-refractivity contribution >= 4 is 33.4 Å². The number of rotatable bonds is 6. The molecule has 9 heteroatoms. The van der Waals surface area contributed by atoms with E-state index in [9.17, 15) is 23.3 Å². The number of carbonyl (C=O) groups is 1. The van der Waals surface area contributed by atoms with Gasteiger partial charge in [-0.05, 0) is 48.7 Å². The van der Waals surface area contributed by atoms with Crippen LogP contribution in [0.3, 0.4) is 0 Å². The molecule has 3 rings (SSSR count). The SMILES string of the molecule is O=C(C=Cc1cccc([N+](=O)[O-])c1)Nc1ccc(S(=O)(=O)N2CCCCC2)cc1. The summed E-state index contributed by atoms with van der Waals surface area (Å²) in [5.41, 5.74) is 0.923. The highest BCUT2D eigenvalue weighted by molar-refractivity contribution is 7.89. The van der Waals surface area contributed by atoms with E-state index in [1.807, 2.05) is 0 Å². The number of amides is 1. The molecule has 1 aliphatic rings. The minimum absolute atomic E-state index is 0.0574. The van der Waals surface area contributed by atoms with Crippen LogP contribution in [0.4, 0.5) is 11.4 Å². The molecule has 1 fully saturated rings. The van der Waals surface area contributed by atoms with Gasteiger partial charge in [0, 0.05) is 37.0 Å². The van der Waals surface area contributed by atoms with Crippen molar-refractivity contribution in [2.75, 3.05) is 18.4 Å². The van der Waals surface area contributed by atoms with Gasteiger partial charge < -0.3 is 5.32 Å². The minimum Gasteiger partial charge on any atom is -0.323 e. The van der Waals surface area contributed by atoms with Gasteiger partial charge in [-0.1, -0.05) is 18.6 Å². The lowest BCUT2D eigenvalue weighted by molar-refractivity contribution is -0.384. The van der Waals surface area contributed by atoms with Crippen LogP contribution in [0, 0.1) is 10.1 Å². The fraction of sp³-hybridized carbons (Fsp3) is 0.250. The van der Waals surface area contributed by atoms with E-state index in [0.717, 1.165) is 19.3 Å². The molecule has 0 unspecified atom stereocenters. The van der Waals surface area contributed by atoms with Gasteiger partial charge in [0.15, 0.2) is 0 Å². The third-order valence-electron chi connectivity index (χ3n) is 4.58. The molecule has 0 aromatic heterocycles. The summed E-state index contributed by atoms with van der Waals surface area (Å²) in [7, 11) is -3.51. The van der Waals surface area contributed by atoms with Gasteiger partial charge in [-0.3, -0.25) is 14.9 Å². The number of hydrogen-bond acceptors (Lipinski definition) is 5. The predicted molar refractivity (Wildman–Crippen MR) is 110 cm³/mol. The number of carbonyl (C=O) groups excluding carboxylic acids is 1. The lowest BCUT2D eigenvalue weighted by atomic mass is 10.2. The second-order valence-corrected chi connectivity index (χ2v) is 8.60. The van der Waals surface area contributed by atoms with Crippen LogP contribution in [0.15, 0.2) is 59.5 Å². The molecule has 152 valence electrons. The van der Waals surface area contributed by atoms with Crippen LogP contribution in [-0.4, -0.2) is 36.6 Å². The first-order chi connectivity index (χ1) is 13.9. The third kappa shape index (κ3) is 5.27. The second-order valence-electron chi connectivity index (χ2n) is 6.66. The van der Waals surface area contributed by atoms with Gasteiger partial charge in [0.1, 0.15) is 0 Å². The lowest BCUT2D eigenvalue weighted by Crippen LogP contribution is -2.35. The number of nitro benzene ring substituents is 1. The quantitative estimate of drug-likeness (QED) is 0.442. The van der Waals surface area contributed by atoms with Crippen molar-refractivity contribution < 1.29 is 18.1 Å². The molecule has 2 aromatic carbocycles. The molecule has 0 aliphatic carbocycles. The summed E-state index contributed by atoms with van der Waals surface area (Å²) in [6.45, 7) is 1.06. The first-order valence-corrected chi connectivity index (χ1v) is 10.6. The maximum absolute atomic E-state index is 12.6. The zero-order valence-corrected chi connectivity index (χ0v) is 16.5. The molecule has 0 bridgehead atoms. The van der Waals surface area contributed by atoms with Crippen LogP contribution in [0.2, 0.25) is 0 Å². The molecule has 0 radical (unpaired) electrons. The van der Waals surface area contributed by atoms with Gasteiger partial charge in [0.05, 0.1) is 9.82 Å². The van der Waals surface area contributed by atoms with Gasteiger partial charge in [-0.25, -0.2) is 8.42 Å². The number of anilines is 1. The highest BCUT2D eigenvalue weighted by atomic mass is 32.2. The first kappa shape index (κ1) is 20.7. The van der Waals surface area contributed by atoms with E-state index in [2.05, 4.69) is 5.32 Å². The normalized spacial score (nSPS) is 15.3. The molecule has 0 saturated carbocycles. The average Bonchev–Trinajstić information content (AvgIpc) is 2.73. The van der Waals surface area contributed by atoms with Gasteiger partial charge in [-0.15, -0.1) is 0 Å². The standard InChI is InChI=1S/C20H21N3O5S/c24-20(12-7-16-5-4-6-18(15-16)23(25)26)21-17-8-10-19(11-9-17)29(27,28)22-13-2-1-3-14-22/h4-12,15H,1-3,13-14H2,(H,21,24). The van der Waals surface area contributed by atoms with Crippen LogP contribution in [0.5, 0.6) is 0 Å². The number of nitrogens with zero attached hydrogens (tertiary/aromatic N) is 2. The number of benzene rings is 2. The molecule has 1 N–H and O–H groups in total. The van der Waals surface area contributed by atoms with E-state index < -0.39 is 20.9 Å². The number of nitrogens with one attached hydrogen (secondary N) is 1. The molecule has 29 heavy (non-hydrogen) atoms. The largest absolute Gasteiger partial charge is 0.323 e. The summed E-state index contributed by atoms with van der Waals surface area (Å²) in [4.78, 5) is 22.6. The number of piperidine rings is 1. The van der Waals surface area contributed by atoms with E-state index in [1.165, 1.54) is 58.9 Å². The Bertz CT molecular complexity index is 1030. The second kappa shape index (κ2) is 8.97. The van der Waals surface area contributed by atoms with E-state index in [1.54, 1.807) is 6.07 Å². The summed E-state index contributed by atoms with van der Waals surface area (Å²) in [6, 6.07) is 12.0. The van der Waals surface area contributed by atoms with Crippen molar-refractivity contribution in [3.63, 3.8) is 0 Å². The van der Waals surface area contributed by atoms with Crippen LogP contribution >= 0.6 is 0 Å². The van der Waals surface area contributed by atoms with Gasteiger partial charge in [0.25, 0.3) is 5.69 Å². The molecule has 0 atom stereocenters. The number of nitro groups is 1. The predicted octanol–water partition coefficient (Wildman–Crippen LogP) is 3.42. The van der Waals surface area contributed by atoms with Crippen LogP contribution in [-0.2, 0) is 14.8 Å². The number of hydrogen-bond donors (Lipinski definition) is 1. The zero-order valence-electron chi connectivity index (χ0n) is 15.7.